The first-order chi connectivity index (χ1) is 13.0. The van der Waals surface area contributed by atoms with Gasteiger partial charge in [0.05, 0.1) is 11.3 Å². The van der Waals surface area contributed by atoms with Crippen LogP contribution in [0.1, 0.15) is 46.0 Å². The summed E-state index contributed by atoms with van der Waals surface area (Å²) in [5.74, 6) is -1.10. The molecule has 3 aromatic rings. The zero-order chi connectivity index (χ0) is 19.4. The maximum absolute atomic E-state index is 12.5. The van der Waals surface area contributed by atoms with Crippen LogP contribution in [0.3, 0.4) is 0 Å². The molecule has 1 amide bonds. The number of aromatic carboxylic acids is 1. The van der Waals surface area contributed by atoms with Gasteiger partial charge in [0.25, 0.3) is 5.91 Å². The van der Waals surface area contributed by atoms with Crippen LogP contribution in [0.15, 0.2) is 72.8 Å². The van der Waals surface area contributed by atoms with Crippen LogP contribution in [0.2, 0.25) is 0 Å². The largest absolute Gasteiger partial charge is 0.478 e. The maximum atomic E-state index is 12.5. The Morgan fingerprint density at radius 3 is 2.22 bits per heavy atom. The van der Waals surface area contributed by atoms with Gasteiger partial charge in [0.1, 0.15) is 0 Å². The van der Waals surface area contributed by atoms with E-state index in [1.165, 1.54) is 11.6 Å². The normalized spacial score (nSPS) is 10.6. The first-order valence-electron chi connectivity index (χ1n) is 8.80. The van der Waals surface area contributed by atoms with Gasteiger partial charge in [-0.2, -0.15) is 0 Å². The van der Waals surface area contributed by atoms with Gasteiger partial charge in [0.2, 0.25) is 0 Å². The molecule has 0 unspecified atom stereocenters. The van der Waals surface area contributed by atoms with Crippen LogP contribution in [-0.4, -0.2) is 17.0 Å². The molecule has 0 saturated carbocycles. The Morgan fingerprint density at radius 1 is 0.889 bits per heavy atom. The molecule has 0 fully saturated rings. The second kappa shape index (κ2) is 7.87. The van der Waals surface area contributed by atoms with Crippen molar-refractivity contribution in [3.8, 4) is 11.1 Å². The summed E-state index contributed by atoms with van der Waals surface area (Å²) >= 11 is 0. The van der Waals surface area contributed by atoms with Crippen molar-refractivity contribution >= 4 is 17.6 Å². The van der Waals surface area contributed by atoms with Crippen molar-refractivity contribution in [2.75, 3.05) is 5.32 Å². The minimum atomic E-state index is -1.08. The van der Waals surface area contributed by atoms with E-state index in [0.29, 0.717) is 11.5 Å². The van der Waals surface area contributed by atoms with Crippen molar-refractivity contribution < 1.29 is 14.7 Å². The minimum absolute atomic E-state index is 0.0602. The Bertz CT molecular complexity index is 978. The molecule has 27 heavy (non-hydrogen) atoms. The zero-order valence-corrected chi connectivity index (χ0v) is 15.3. The summed E-state index contributed by atoms with van der Waals surface area (Å²) in [7, 11) is 0. The molecular formula is C23H21NO3. The highest BCUT2D eigenvalue weighted by Gasteiger charge is 2.16. The van der Waals surface area contributed by atoms with Gasteiger partial charge < -0.3 is 10.4 Å². The number of carbonyl (C=O) groups is 2. The van der Waals surface area contributed by atoms with Crippen LogP contribution in [0.25, 0.3) is 11.1 Å². The third kappa shape index (κ3) is 4.06. The second-order valence-corrected chi connectivity index (χ2v) is 6.63. The molecule has 0 bridgehead atoms. The van der Waals surface area contributed by atoms with E-state index in [0.717, 1.165) is 11.1 Å². The highest BCUT2D eigenvalue weighted by molar-refractivity contribution is 6.08. The van der Waals surface area contributed by atoms with Gasteiger partial charge in [-0.3, -0.25) is 4.79 Å². The lowest BCUT2D eigenvalue weighted by molar-refractivity contribution is 0.0698. The summed E-state index contributed by atoms with van der Waals surface area (Å²) in [5, 5.41) is 12.2. The zero-order valence-electron chi connectivity index (χ0n) is 15.3. The highest BCUT2D eigenvalue weighted by Crippen LogP contribution is 2.32. The molecule has 4 nitrogen and oxygen atoms in total. The lowest BCUT2D eigenvalue weighted by Crippen LogP contribution is -2.14. The molecule has 0 saturated heterocycles. The van der Waals surface area contributed by atoms with E-state index in [1.807, 2.05) is 24.3 Å². The molecule has 4 heteroatoms. The molecule has 0 atom stereocenters. The summed E-state index contributed by atoms with van der Waals surface area (Å²) in [6, 6.07) is 21.8. The summed E-state index contributed by atoms with van der Waals surface area (Å²) in [6.45, 7) is 4.23. The van der Waals surface area contributed by atoms with E-state index in [9.17, 15) is 14.7 Å². The molecule has 0 aliphatic carbocycles. The Kier molecular flexibility index (Phi) is 5.36. The van der Waals surface area contributed by atoms with Gasteiger partial charge in [-0.05, 0) is 46.9 Å². The number of hydrogen-bond donors (Lipinski definition) is 2. The molecular weight excluding hydrogens is 338 g/mol. The molecule has 0 spiro atoms. The van der Waals surface area contributed by atoms with Crippen LogP contribution in [-0.2, 0) is 0 Å². The van der Waals surface area contributed by atoms with Crippen LogP contribution in [0.4, 0.5) is 5.69 Å². The van der Waals surface area contributed by atoms with Gasteiger partial charge in [-0.25, -0.2) is 4.79 Å². The summed E-state index contributed by atoms with van der Waals surface area (Å²) in [6.07, 6.45) is 0. The van der Waals surface area contributed by atoms with Crippen LogP contribution < -0.4 is 5.32 Å². The number of anilines is 1. The monoisotopic (exact) mass is 359 g/mol. The molecule has 3 rings (SSSR count). The Hall–Kier alpha value is -3.40. The van der Waals surface area contributed by atoms with E-state index in [1.54, 1.807) is 36.4 Å². The molecule has 0 aromatic heterocycles. The van der Waals surface area contributed by atoms with Crippen LogP contribution in [0, 0.1) is 0 Å². The third-order valence-corrected chi connectivity index (χ3v) is 4.43. The number of carboxylic acids is 1. The van der Waals surface area contributed by atoms with E-state index in [2.05, 4.69) is 25.2 Å². The van der Waals surface area contributed by atoms with E-state index in [4.69, 9.17) is 0 Å². The van der Waals surface area contributed by atoms with Crippen molar-refractivity contribution in [2.24, 2.45) is 0 Å². The number of carboxylic acid groups (broad SMARTS) is 1. The summed E-state index contributed by atoms with van der Waals surface area (Å²) in [5.41, 5.74) is 3.88. The lowest BCUT2D eigenvalue weighted by Gasteiger charge is -2.15. The fraction of sp³-hybridized carbons (Fsp3) is 0.130. The SMILES string of the molecule is CC(C)c1ccccc1-c1ccc(C(=O)O)c(NC(=O)c2ccccc2)c1. The average Bonchev–Trinajstić information content (AvgIpc) is 2.68. The molecule has 3 aromatic carbocycles. The van der Waals surface area contributed by atoms with E-state index >= 15 is 0 Å². The number of benzene rings is 3. The average molecular weight is 359 g/mol. The Morgan fingerprint density at radius 2 is 1.56 bits per heavy atom. The minimum Gasteiger partial charge on any atom is -0.478 e. The highest BCUT2D eigenvalue weighted by atomic mass is 16.4. The van der Waals surface area contributed by atoms with Gasteiger partial charge in [0.15, 0.2) is 0 Å². The van der Waals surface area contributed by atoms with E-state index < -0.39 is 5.97 Å². The van der Waals surface area contributed by atoms with Crippen molar-refractivity contribution in [3.05, 3.63) is 89.5 Å². The molecule has 0 heterocycles. The lowest BCUT2D eigenvalue weighted by atomic mass is 9.92. The van der Waals surface area contributed by atoms with Gasteiger partial charge in [-0.15, -0.1) is 0 Å². The van der Waals surface area contributed by atoms with Gasteiger partial charge in [-0.1, -0.05) is 62.4 Å². The predicted octanol–water partition coefficient (Wildman–Crippen LogP) is 5.43. The third-order valence-electron chi connectivity index (χ3n) is 4.43. The summed E-state index contributed by atoms with van der Waals surface area (Å²) in [4.78, 5) is 24.1. The maximum Gasteiger partial charge on any atom is 0.337 e. The second-order valence-electron chi connectivity index (χ2n) is 6.63. The van der Waals surface area contributed by atoms with Crippen molar-refractivity contribution in [3.63, 3.8) is 0 Å². The van der Waals surface area contributed by atoms with Crippen molar-refractivity contribution in [1.82, 2.24) is 0 Å². The summed E-state index contributed by atoms with van der Waals surface area (Å²) < 4.78 is 0. The first-order valence-corrected chi connectivity index (χ1v) is 8.80. The molecule has 0 aliphatic heterocycles. The number of amides is 1. The fourth-order valence-electron chi connectivity index (χ4n) is 3.05. The van der Waals surface area contributed by atoms with Gasteiger partial charge in [0, 0.05) is 5.56 Å². The molecule has 2 N–H and O–H groups in total. The fourth-order valence-corrected chi connectivity index (χ4v) is 3.05. The topological polar surface area (TPSA) is 66.4 Å². The van der Waals surface area contributed by atoms with Crippen molar-refractivity contribution in [2.45, 2.75) is 19.8 Å². The predicted molar refractivity (Wildman–Crippen MR) is 107 cm³/mol. The van der Waals surface area contributed by atoms with Crippen molar-refractivity contribution in [1.29, 1.82) is 0 Å². The molecule has 0 radical (unpaired) electrons. The van der Waals surface area contributed by atoms with Crippen LogP contribution in [0.5, 0.6) is 0 Å². The smallest absolute Gasteiger partial charge is 0.337 e. The van der Waals surface area contributed by atoms with E-state index in [-0.39, 0.29) is 17.2 Å². The number of nitrogens with one attached hydrogen (secondary N) is 1. The van der Waals surface area contributed by atoms with Crippen LogP contribution >= 0.6 is 0 Å². The first kappa shape index (κ1) is 18.4. The number of carbonyl (C=O) groups excluding carboxylic acids is 1. The standard InChI is InChI=1S/C23H21NO3/c1-15(2)18-10-6-7-11-19(18)17-12-13-20(23(26)27)21(14-17)24-22(25)16-8-4-3-5-9-16/h3-15H,1-2H3,(H,24,25)(H,26,27). The number of rotatable bonds is 5. The van der Waals surface area contributed by atoms with Gasteiger partial charge >= 0.3 is 5.97 Å². The Balaban J connectivity index is 2.04. The quantitative estimate of drug-likeness (QED) is 0.638. The molecule has 136 valence electrons. The Labute approximate surface area is 158 Å². The molecule has 0 aliphatic rings. The number of hydrogen-bond acceptors (Lipinski definition) is 2.